The molecule has 0 N–H and O–H groups in total. The highest BCUT2D eigenvalue weighted by molar-refractivity contribution is 7.80. The molecular formula is C10H5NOS2. The summed E-state index contributed by atoms with van der Waals surface area (Å²) in [6, 6.07) is 5.58. The van der Waals surface area contributed by atoms with Crippen LogP contribution in [0.1, 0.15) is 15.9 Å². The van der Waals surface area contributed by atoms with Crippen molar-refractivity contribution in [3.05, 3.63) is 28.6 Å². The van der Waals surface area contributed by atoms with Crippen LogP contribution in [0.5, 0.6) is 0 Å². The van der Waals surface area contributed by atoms with Gasteiger partial charge < -0.3 is 0 Å². The van der Waals surface area contributed by atoms with Gasteiger partial charge in [0.1, 0.15) is 6.07 Å². The van der Waals surface area contributed by atoms with Crippen LogP contribution in [-0.2, 0) is 0 Å². The number of rotatable bonds is 1. The molecule has 1 aromatic carbocycles. The van der Waals surface area contributed by atoms with E-state index >= 15 is 0 Å². The molecule has 4 heteroatoms. The van der Waals surface area contributed by atoms with Crippen LogP contribution in [0.25, 0.3) is 10.1 Å². The maximum absolute atomic E-state index is 10.7. The van der Waals surface area contributed by atoms with E-state index in [1.54, 1.807) is 17.5 Å². The van der Waals surface area contributed by atoms with Crippen LogP contribution in [-0.4, -0.2) is 6.29 Å². The van der Waals surface area contributed by atoms with Crippen LogP contribution in [0.4, 0.5) is 0 Å². The van der Waals surface area contributed by atoms with E-state index in [-0.39, 0.29) is 0 Å². The molecule has 0 spiro atoms. The Hall–Kier alpha value is -1.31. The van der Waals surface area contributed by atoms with Crippen molar-refractivity contribution in [1.82, 2.24) is 0 Å². The Morgan fingerprint density at radius 1 is 1.50 bits per heavy atom. The third kappa shape index (κ3) is 1.31. The van der Waals surface area contributed by atoms with E-state index in [9.17, 15) is 4.79 Å². The fourth-order valence-corrected chi connectivity index (χ4v) is 2.43. The van der Waals surface area contributed by atoms with Crippen molar-refractivity contribution in [1.29, 1.82) is 5.26 Å². The molecule has 0 saturated carbocycles. The summed E-state index contributed by atoms with van der Waals surface area (Å²) in [5.41, 5.74) is 1.20. The van der Waals surface area contributed by atoms with Gasteiger partial charge in [0.2, 0.25) is 0 Å². The summed E-state index contributed by atoms with van der Waals surface area (Å²) in [6.45, 7) is 0. The molecule has 0 fully saturated rings. The summed E-state index contributed by atoms with van der Waals surface area (Å²) < 4.78 is 0.946. The monoisotopic (exact) mass is 219 g/mol. The van der Waals surface area contributed by atoms with Crippen LogP contribution in [0, 0.1) is 11.3 Å². The van der Waals surface area contributed by atoms with Gasteiger partial charge in [0.05, 0.1) is 5.56 Å². The summed E-state index contributed by atoms with van der Waals surface area (Å²) in [5.74, 6) is 0. The van der Waals surface area contributed by atoms with Gasteiger partial charge >= 0.3 is 0 Å². The molecule has 68 valence electrons. The van der Waals surface area contributed by atoms with Crippen molar-refractivity contribution in [2.45, 2.75) is 4.90 Å². The zero-order valence-corrected chi connectivity index (χ0v) is 8.73. The molecular weight excluding hydrogens is 214 g/mol. The lowest BCUT2D eigenvalue weighted by Crippen LogP contribution is -1.79. The van der Waals surface area contributed by atoms with Crippen molar-refractivity contribution < 1.29 is 4.79 Å². The molecule has 0 amide bonds. The van der Waals surface area contributed by atoms with Crippen molar-refractivity contribution >= 4 is 40.3 Å². The van der Waals surface area contributed by atoms with Crippen molar-refractivity contribution in [2.75, 3.05) is 0 Å². The zero-order valence-electron chi connectivity index (χ0n) is 7.02. The minimum atomic E-state index is 0.542. The van der Waals surface area contributed by atoms with E-state index < -0.39 is 0 Å². The standard InChI is InChI=1S/C10H5NOS2/c11-3-6-1-10-8(2-9(6)13)7(4-12)5-14-10/h1-2,4-5,13H. The summed E-state index contributed by atoms with van der Waals surface area (Å²) in [4.78, 5) is 11.3. The molecule has 0 unspecified atom stereocenters. The molecule has 0 bridgehead atoms. The van der Waals surface area contributed by atoms with Gasteiger partial charge in [-0.2, -0.15) is 5.26 Å². The predicted octanol–water partition coefficient (Wildman–Crippen LogP) is 2.87. The molecule has 0 radical (unpaired) electrons. The van der Waals surface area contributed by atoms with E-state index in [4.69, 9.17) is 5.26 Å². The minimum Gasteiger partial charge on any atom is -0.298 e. The fraction of sp³-hybridized carbons (Fsp3) is 0. The highest BCUT2D eigenvalue weighted by atomic mass is 32.1. The van der Waals surface area contributed by atoms with E-state index in [0.717, 1.165) is 16.4 Å². The number of thiophene rings is 1. The Labute approximate surface area is 90.2 Å². The van der Waals surface area contributed by atoms with Gasteiger partial charge in [-0.15, -0.1) is 24.0 Å². The SMILES string of the molecule is N#Cc1cc2scc(C=O)c2cc1S. The molecule has 1 heterocycles. The maximum atomic E-state index is 10.7. The van der Waals surface area contributed by atoms with Crippen LogP contribution < -0.4 is 0 Å². The summed E-state index contributed by atoms with van der Waals surface area (Å²) in [6.07, 6.45) is 0.818. The van der Waals surface area contributed by atoms with Gasteiger partial charge in [0, 0.05) is 25.9 Å². The molecule has 2 aromatic rings. The van der Waals surface area contributed by atoms with Crippen molar-refractivity contribution in [2.24, 2.45) is 0 Å². The second kappa shape index (κ2) is 3.45. The van der Waals surface area contributed by atoms with E-state index in [1.807, 2.05) is 0 Å². The second-order valence-electron chi connectivity index (χ2n) is 2.79. The Bertz CT molecular complexity index is 551. The van der Waals surface area contributed by atoms with Gasteiger partial charge in [-0.25, -0.2) is 0 Å². The number of nitriles is 1. The third-order valence-corrected chi connectivity index (χ3v) is 3.30. The molecule has 0 aliphatic heterocycles. The topological polar surface area (TPSA) is 40.9 Å². The van der Waals surface area contributed by atoms with E-state index in [0.29, 0.717) is 16.0 Å². The normalized spacial score (nSPS) is 10.0. The highest BCUT2D eigenvalue weighted by Gasteiger charge is 2.06. The predicted molar refractivity (Wildman–Crippen MR) is 59.2 cm³/mol. The Kier molecular flexibility index (Phi) is 2.28. The summed E-state index contributed by atoms with van der Waals surface area (Å²) >= 11 is 5.64. The van der Waals surface area contributed by atoms with Crippen LogP contribution >= 0.6 is 24.0 Å². The van der Waals surface area contributed by atoms with E-state index in [2.05, 4.69) is 18.7 Å². The molecule has 2 rings (SSSR count). The number of carbonyl (C=O) groups is 1. The lowest BCUT2D eigenvalue weighted by molar-refractivity contribution is 0.112. The number of fused-ring (bicyclic) bond motifs is 1. The Morgan fingerprint density at radius 3 is 2.93 bits per heavy atom. The van der Waals surface area contributed by atoms with Gasteiger partial charge in [-0.3, -0.25) is 4.79 Å². The van der Waals surface area contributed by atoms with Gasteiger partial charge in [0.25, 0.3) is 0 Å². The van der Waals surface area contributed by atoms with Gasteiger partial charge in [0.15, 0.2) is 6.29 Å². The van der Waals surface area contributed by atoms with E-state index in [1.165, 1.54) is 11.3 Å². The third-order valence-electron chi connectivity index (χ3n) is 1.97. The Balaban J connectivity index is 2.83. The maximum Gasteiger partial charge on any atom is 0.151 e. The first-order chi connectivity index (χ1) is 6.76. The lowest BCUT2D eigenvalue weighted by Gasteiger charge is -1.96. The average Bonchev–Trinajstić information content (AvgIpc) is 2.58. The van der Waals surface area contributed by atoms with Gasteiger partial charge in [-0.05, 0) is 12.1 Å². The molecule has 0 saturated heterocycles. The summed E-state index contributed by atoms with van der Waals surface area (Å²) in [5, 5.41) is 11.4. The number of aldehydes is 1. The number of nitrogens with zero attached hydrogens (tertiary/aromatic N) is 1. The number of thiol groups is 1. The van der Waals surface area contributed by atoms with Gasteiger partial charge in [-0.1, -0.05) is 0 Å². The largest absolute Gasteiger partial charge is 0.298 e. The number of hydrogen-bond acceptors (Lipinski definition) is 4. The molecule has 14 heavy (non-hydrogen) atoms. The number of hydrogen-bond donors (Lipinski definition) is 1. The zero-order chi connectivity index (χ0) is 10.1. The first kappa shape index (κ1) is 9.25. The minimum absolute atomic E-state index is 0.542. The summed E-state index contributed by atoms with van der Waals surface area (Å²) in [7, 11) is 0. The van der Waals surface area contributed by atoms with Crippen LogP contribution in [0.2, 0.25) is 0 Å². The fourth-order valence-electron chi connectivity index (χ4n) is 1.26. The number of carbonyl (C=O) groups excluding carboxylic acids is 1. The van der Waals surface area contributed by atoms with Crippen LogP contribution in [0.3, 0.4) is 0 Å². The molecule has 0 aliphatic carbocycles. The molecule has 0 aliphatic rings. The average molecular weight is 219 g/mol. The first-order valence-corrected chi connectivity index (χ1v) is 5.18. The number of benzene rings is 1. The van der Waals surface area contributed by atoms with Crippen LogP contribution in [0.15, 0.2) is 22.4 Å². The molecule has 0 atom stereocenters. The molecule has 1 aromatic heterocycles. The highest BCUT2D eigenvalue weighted by Crippen LogP contribution is 2.29. The Morgan fingerprint density at radius 2 is 2.29 bits per heavy atom. The second-order valence-corrected chi connectivity index (χ2v) is 4.18. The first-order valence-electron chi connectivity index (χ1n) is 3.85. The quantitative estimate of drug-likeness (QED) is 0.592. The molecule has 2 nitrogen and oxygen atoms in total. The smallest absolute Gasteiger partial charge is 0.151 e. The van der Waals surface area contributed by atoms with Crippen molar-refractivity contribution in [3.8, 4) is 6.07 Å². The van der Waals surface area contributed by atoms with Crippen molar-refractivity contribution in [3.63, 3.8) is 0 Å². The lowest BCUT2D eigenvalue weighted by atomic mass is 10.1.